The van der Waals surface area contributed by atoms with Gasteiger partial charge in [-0.05, 0) is 48.0 Å². The Bertz CT molecular complexity index is 1470. The lowest BCUT2D eigenvalue weighted by atomic mass is 10.0. The largest absolute Gasteiger partial charge is 0.497 e. The molecule has 0 radical (unpaired) electrons. The number of aromatic amines is 1. The van der Waals surface area contributed by atoms with Crippen molar-refractivity contribution in [2.24, 2.45) is 0 Å². The minimum atomic E-state index is -3.94. The summed E-state index contributed by atoms with van der Waals surface area (Å²) in [5.41, 5.74) is 2.53. The average Bonchev–Trinajstić information content (AvgIpc) is 3.22. The highest BCUT2D eigenvalue weighted by molar-refractivity contribution is 7.89. The monoisotopic (exact) mass is 445 g/mol. The van der Waals surface area contributed by atoms with Crippen LogP contribution >= 0.6 is 0 Å². The predicted molar refractivity (Wildman–Crippen MR) is 121 cm³/mol. The van der Waals surface area contributed by atoms with Crippen LogP contribution in [-0.2, 0) is 16.6 Å². The summed E-state index contributed by atoms with van der Waals surface area (Å²) in [4.78, 5) is 20.6. The van der Waals surface area contributed by atoms with Gasteiger partial charge in [-0.3, -0.25) is 14.1 Å². The van der Waals surface area contributed by atoms with Crippen molar-refractivity contribution in [1.82, 2.24) is 14.3 Å². The van der Waals surface area contributed by atoms with E-state index in [1.54, 1.807) is 62.1 Å². The van der Waals surface area contributed by atoms with Gasteiger partial charge in [0.15, 0.2) is 0 Å². The number of carbonyl (C=O) groups is 1. The van der Waals surface area contributed by atoms with Crippen molar-refractivity contribution in [1.29, 1.82) is 0 Å². The fraction of sp³-hybridized carbons (Fsp3) is 0.0833. The van der Waals surface area contributed by atoms with Crippen LogP contribution in [0.2, 0.25) is 0 Å². The maximum atomic E-state index is 13.5. The fourth-order valence-corrected chi connectivity index (χ4v) is 5.50. The van der Waals surface area contributed by atoms with E-state index in [9.17, 15) is 13.2 Å². The summed E-state index contributed by atoms with van der Waals surface area (Å²) in [6, 6.07) is 15.3. The Balaban J connectivity index is 1.70. The lowest BCUT2D eigenvalue weighted by Gasteiger charge is -2.31. The maximum Gasteiger partial charge on any atom is 0.265 e. The molecule has 2 aromatic heterocycles. The quantitative estimate of drug-likeness (QED) is 0.480. The summed E-state index contributed by atoms with van der Waals surface area (Å²) in [6.45, 7) is 0.0208. The molecule has 0 unspecified atom stereocenters. The molecule has 0 bridgehead atoms. The van der Waals surface area contributed by atoms with E-state index in [0.29, 0.717) is 11.3 Å². The first-order valence-electron chi connectivity index (χ1n) is 9.91. The van der Waals surface area contributed by atoms with E-state index in [1.807, 2.05) is 18.2 Å². The number of pyridine rings is 1. The van der Waals surface area contributed by atoms with E-state index in [1.165, 1.54) is 10.4 Å². The van der Waals surface area contributed by atoms with Gasteiger partial charge in [0.2, 0.25) is 5.78 Å². The number of sulfonamides is 1. The van der Waals surface area contributed by atoms with Crippen LogP contribution in [0, 0.1) is 0 Å². The number of nitrogens with one attached hydrogen (secondary N) is 1. The number of methoxy groups -OCH3 is 1. The zero-order chi connectivity index (χ0) is 22.3. The number of aromatic nitrogens is 2. The maximum absolute atomic E-state index is 13.5. The Morgan fingerprint density at radius 3 is 2.66 bits per heavy atom. The minimum absolute atomic E-state index is 0.0138. The second-order valence-electron chi connectivity index (χ2n) is 7.38. The van der Waals surface area contributed by atoms with Crippen molar-refractivity contribution < 1.29 is 17.9 Å². The van der Waals surface area contributed by atoms with Gasteiger partial charge in [0.05, 0.1) is 18.6 Å². The number of carbonyl (C=O) groups excluding carboxylic acids is 1. The summed E-state index contributed by atoms with van der Waals surface area (Å²) in [7, 11) is -2.35. The Hall–Kier alpha value is -3.91. The molecule has 0 saturated carbocycles. The zero-order valence-corrected chi connectivity index (χ0v) is 18.0. The number of benzene rings is 2. The molecule has 5 rings (SSSR count). The summed E-state index contributed by atoms with van der Waals surface area (Å²) in [6.07, 6.45) is 6.57. The fourth-order valence-electron chi connectivity index (χ4n) is 3.86. The Morgan fingerprint density at radius 2 is 1.88 bits per heavy atom. The smallest absolute Gasteiger partial charge is 0.265 e. The third-order valence-corrected chi connectivity index (χ3v) is 7.31. The molecular weight excluding hydrogens is 426 g/mol. The molecule has 0 spiro atoms. The molecule has 0 saturated heterocycles. The molecule has 4 aromatic rings. The van der Waals surface area contributed by atoms with Gasteiger partial charge in [-0.1, -0.05) is 12.1 Å². The van der Waals surface area contributed by atoms with Crippen molar-refractivity contribution in [2.75, 3.05) is 7.11 Å². The van der Waals surface area contributed by atoms with Gasteiger partial charge in [0, 0.05) is 46.7 Å². The van der Waals surface area contributed by atoms with Gasteiger partial charge >= 0.3 is 0 Å². The summed E-state index contributed by atoms with van der Waals surface area (Å²) >= 11 is 0. The van der Waals surface area contributed by atoms with E-state index in [0.717, 1.165) is 16.5 Å². The number of rotatable bonds is 4. The van der Waals surface area contributed by atoms with Crippen LogP contribution in [0.15, 0.2) is 83.8 Å². The Kier molecular flexibility index (Phi) is 4.79. The van der Waals surface area contributed by atoms with Gasteiger partial charge in [0.1, 0.15) is 11.4 Å². The van der Waals surface area contributed by atoms with Crippen LogP contribution in [0.4, 0.5) is 0 Å². The highest BCUT2D eigenvalue weighted by atomic mass is 32.2. The van der Waals surface area contributed by atoms with Crippen molar-refractivity contribution in [3.63, 3.8) is 0 Å². The Morgan fingerprint density at radius 1 is 1.09 bits per heavy atom. The molecular formula is C24H19N3O4S. The van der Waals surface area contributed by atoms with Gasteiger partial charge in [-0.2, -0.15) is 0 Å². The van der Waals surface area contributed by atoms with E-state index >= 15 is 0 Å². The first kappa shape index (κ1) is 20.0. The Labute approximate surface area is 185 Å². The van der Waals surface area contributed by atoms with Crippen LogP contribution in [0.3, 0.4) is 0 Å². The molecule has 32 heavy (non-hydrogen) atoms. The van der Waals surface area contributed by atoms with Crippen LogP contribution in [0.5, 0.6) is 5.75 Å². The number of nitrogens with zero attached hydrogens (tertiary/aromatic N) is 2. The second kappa shape index (κ2) is 7.65. The third kappa shape index (κ3) is 3.25. The van der Waals surface area contributed by atoms with E-state index in [2.05, 4.69) is 9.97 Å². The van der Waals surface area contributed by atoms with E-state index in [4.69, 9.17) is 4.74 Å². The summed E-state index contributed by atoms with van der Waals surface area (Å²) in [5.74, 6) is 0.357. The molecule has 0 amide bonds. The molecule has 0 atom stereocenters. The lowest BCUT2D eigenvalue weighted by Crippen LogP contribution is -2.38. The molecule has 8 heteroatoms. The number of Topliss-reactive ketones (excluding diaryl/α,β-unsaturated/α-hetero) is 1. The van der Waals surface area contributed by atoms with Crippen molar-refractivity contribution in [3.8, 4) is 5.75 Å². The van der Waals surface area contributed by atoms with Crippen molar-refractivity contribution in [2.45, 2.75) is 11.4 Å². The average molecular weight is 446 g/mol. The number of hydrogen-bond acceptors (Lipinski definition) is 5. The van der Waals surface area contributed by atoms with Crippen molar-refractivity contribution in [3.05, 3.63) is 95.6 Å². The molecule has 2 aromatic carbocycles. The standard InChI is InChI=1S/C24H19N3O4S/c1-31-18-6-7-19-17(14-26-21(19)13-18)12-22-24(28)20-4-2-3-5-23(20)32(29,30)27(22)15-16-8-10-25-11-9-16/h2-14,26H,15H2,1H3/b22-12-. The number of ether oxygens (including phenoxy) is 1. The molecule has 0 aliphatic carbocycles. The molecule has 160 valence electrons. The zero-order valence-electron chi connectivity index (χ0n) is 17.1. The molecule has 3 heterocycles. The number of H-pyrrole nitrogens is 1. The molecule has 0 fully saturated rings. The van der Waals surface area contributed by atoms with Crippen LogP contribution < -0.4 is 4.74 Å². The van der Waals surface area contributed by atoms with Crippen LogP contribution in [-0.4, -0.2) is 35.6 Å². The topological polar surface area (TPSA) is 92.4 Å². The SMILES string of the molecule is COc1ccc2c(/C=C3/C(=O)c4ccccc4S(=O)(=O)N3Cc3ccncc3)c[nH]c2c1. The highest BCUT2D eigenvalue weighted by Crippen LogP contribution is 2.35. The number of ketones is 1. The van der Waals surface area contributed by atoms with Gasteiger partial charge in [0.25, 0.3) is 10.0 Å². The molecule has 7 nitrogen and oxygen atoms in total. The van der Waals surface area contributed by atoms with Crippen LogP contribution in [0.25, 0.3) is 17.0 Å². The van der Waals surface area contributed by atoms with E-state index in [-0.39, 0.29) is 28.5 Å². The third-order valence-electron chi connectivity index (χ3n) is 5.49. The second-order valence-corrected chi connectivity index (χ2v) is 9.21. The molecule has 1 aliphatic heterocycles. The highest BCUT2D eigenvalue weighted by Gasteiger charge is 2.39. The van der Waals surface area contributed by atoms with Crippen LogP contribution in [0.1, 0.15) is 21.5 Å². The lowest BCUT2D eigenvalue weighted by molar-refractivity contribution is 0.100. The molecule has 1 aliphatic rings. The van der Waals surface area contributed by atoms with E-state index < -0.39 is 10.0 Å². The normalized spacial score (nSPS) is 16.3. The molecule has 1 N–H and O–H groups in total. The van der Waals surface area contributed by atoms with Gasteiger partial charge < -0.3 is 9.72 Å². The number of hydrogen-bond donors (Lipinski definition) is 1. The number of fused-ring (bicyclic) bond motifs is 2. The first-order chi connectivity index (χ1) is 15.5. The predicted octanol–water partition coefficient (Wildman–Crippen LogP) is 4.00. The van der Waals surface area contributed by atoms with Gasteiger partial charge in [-0.15, -0.1) is 0 Å². The first-order valence-corrected chi connectivity index (χ1v) is 11.4. The van der Waals surface area contributed by atoms with Crippen molar-refractivity contribution >= 4 is 32.8 Å². The number of allylic oxidation sites excluding steroid dienone is 1. The van der Waals surface area contributed by atoms with Gasteiger partial charge in [-0.25, -0.2) is 8.42 Å². The summed E-state index contributed by atoms with van der Waals surface area (Å²) in [5, 5.41) is 0.853. The summed E-state index contributed by atoms with van der Waals surface area (Å²) < 4.78 is 33.5. The minimum Gasteiger partial charge on any atom is -0.497 e.